The van der Waals surface area contributed by atoms with Gasteiger partial charge in [0.2, 0.25) is 5.91 Å². The molecule has 2 aromatic rings. The first kappa shape index (κ1) is 17.0. The number of hydrogen-bond donors (Lipinski definition) is 2. The lowest BCUT2D eigenvalue weighted by atomic mass is 10.1. The topological polar surface area (TPSA) is 66.4 Å². The Kier molecular flexibility index (Phi) is 5.71. The van der Waals surface area contributed by atoms with Crippen molar-refractivity contribution in [2.75, 3.05) is 0 Å². The second-order valence-corrected chi connectivity index (χ2v) is 5.53. The van der Waals surface area contributed by atoms with Gasteiger partial charge in [0.1, 0.15) is 11.9 Å². The monoisotopic (exact) mass is 335 g/mol. The number of aliphatic carboxylic acids is 1. The Hall–Kier alpha value is -2.40. The normalized spacial score (nSPS) is 11.7. The van der Waals surface area contributed by atoms with Crippen molar-refractivity contribution in [3.05, 3.63) is 70.5 Å². The SMILES string of the molecule is O=C(Cc1ccc(F)cc1)N[C@@H](Cc1cccc(Cl)c1)C(=O)O. The van der Waals surface area contributed by atoms with Crippen LogP contribution in [0.15, 0.2) is 48.5 Å². The zero-order valence-electron chi connectivity index (χ0n) is 12.1. The highest BCUT2D eigenvalue weighted by Gasteiger charge is 2.20. The quantitative estimate of drug-likeness (QED) is 0.853. The predicted octanol–water partition coefficient (Wildman–Crippen LogP) is 2.83. The number of benzene rings is 2. The first-order valence-electron chi connectivity index (χ1n) is 6.95. The predicted molar refractivity (Wildman–Crippen MR) is 84.8 cm³/mol. The van der Waals surface area contributed by atoms with Crippen LogP contribution in [0, 0.1) is 5.82 Å². The van der Waals surface area contributed by atoms with Gasteiger partial charge in [-0.3, -0.25) is 4.79 Å². The van der Waals surface area contributed by atoms with Crippen LogP contribution in [0.2, 0.25) is 5.02 Å². The molecule has 6 heteroatoms. The van der Waals surface area contributed by atoms with E-state index < -0.39 is 23.7 Å². The molecule has 2 rings (SSSR count). The number of carboxylic acid groups (broad SMARTS) is 1. The van der Waals surface area contributed by atoms with Crippen LogP contribution in [0.5, 0.6) is 0 Å². The van der Waals surface area contributed by atoms with Crippen molar-refractivity contribution in [2.24, 2.45) is 0 Å². The molecule has 0 unspecified atom stereocenters. The fourth-order valence-corrected chi connectivity index (χ4v) is 2.35. The summed E-state index contributed by atoms with van der Waals surface area (Å²) in [5.41, 5.74) is 1.32. The number of rotatable bonds is 6. The second-order valence-electron chi connectivity index (χ2n) is 5.10. The third kappa shape index (κ3) is 5.38. The van der Waals surface area contributed by atoms with Crippen LogP contribution in [0.4, 0.5) is 4.39 Å². The van der Waals surface area contributed by atoms with Gasteiger partial charge >= 0.3 is 5.97 Å². The Balaban J connectivity index is 1.99. The maximum Gasteiger partial charge on any atom is 0.326 e. The van der Waals surface area contributed by atoms with Crippen LogP contribution in [-0.2, 0) is 22.4 Å². The highest BCUT2D eigenvalue weighted by Crippen LogP contribution is 2.12. The first-order chi connectivity index (χ1) is 10.9. The van der Waals surface area contributed by atoms with Crippen molar-refractivity contribution in [2.45, 2.75) is 18.9 Å². The zero-order chi connectivity index (χ0) is 16.8. The van der Waals surface area contributed by atoms with E-state index in [1.807, 2.05) is 0 Å². The summed E-state index contributed by atoms with van der Waals surface area (Å²) >= 11 is 5.87. The highest BCUT2D eigenvalue weighted by atomic mass is 35.5. The molecule has 0 aliphatic heterocycles. The summed E-state index contributed by atoms with van der Waals surface area (Å²) in [5, 5.41) is 12.2. The Morgan fingerprint density at radius 1 is 1.13 bits per heavy atom. The van der Waals surface area contributed by atoms with E-state index in [-0.39, 0.29) is 12.8 Å². The number of carbonyl (C=O) groups is 2. The van der Waals surface area contributed by atoms with Crippen molar-refractivity contribution in [3.63, 3.8) is 0 Å². The third-order valence-corrected chi connectivity index (χ3v) is 3.48. The summed E-state index contributed by atoms with van der Waals surface area (Å²) in [7, 11) is 0. The molecule has 4 nitrogen and oxygen atoms in total. The van der Waals surface area contributed by atoms with Crippen molar-refractivity contribution in [1.82, 2.24) is 5.32 Å². The maximum absolute atomic E-state index is 12.8. The van der Waals surface area contributed by atoms with E-state index in [1.165, 1.54) is 24.3 Å². The molecule has 0 spiro atoms. The van der Waals surface area contributed by atoms with Gasteiger partial charge in [-0.05, 0) is 35.4 Å². The van der Waals surface area contributed by atoms with Gasteiger partial charge in [0, 0.05) is 11.4 Å². The minimum absolute atomic E-state index is 0.0143. The van der Waals surface area contributed by atoms with E-state index in [1.54, 1.807) is 24.3 Å². The highest BCUT2D eigenvalue weighted by molar-refractivity contribution is 6.30. The van der Waals surface area contributed by atoms with Gasteiger partial charge < -0.3 is 10.4 Å². The summed E-state index contributed by atoms with van der Waals surface area (Å²) in [4.78, 5) is 23.3. The molecular weight excluding hydrogens is 321 g/mol. The molecule has 120 valence electrons. The summed E-state index contributed by atoms with van der Waals surface area (Å²) in [6.07, 6.45) is 0.116. The average Bonchev–Trinajstić information content (AvgIpc) is 2.49. The van der Waals surface area contributed by atoms with Crippen LogP contribution < -0.4 is 5.32 Å². The molecule has 23 heavy (non-hydrogen) atoms. The van der Waals surface area contributed by atoms with E-state index in [9.17, 15) is 19.1 Å². The van der Waals surface area contributed by atoms with E-state index in [0.29, 0.717) is 16.1 Å². The van der Waals surface area contributed by atoms with Gasteiger partial charge in [-0.2, -0.15) is 0 Å². The number of carboxylic acids is 1. The van der Waals surface area contributed by atoms with Gasteiger partial charge in [-0.1, -0.05) is 35.9 Å². The Labute approximate surface area is 137 Å². The summed E-state index contributed by atoms with van der Waals surface area (Å²) < 4.78 is 12.8. The fraction of sp³-hybridized carbons (Fsp3) is 0.176. The van der Waals surface area contributed by atoms with Gasteiger partial charge in [-0.25, -0.2) is 9.18 Å². The lowest BCUT2D eigenvalue weighted by Crippen LogP contribution is -2.43. The number of amides is 1. The second kappa shape index (κ2) is 7.74. The Morgan fingerprint density at radius 2 is 1.83 bits per heavy atom. The Morgan fingerprint density at radius 3 is 2.43 bits per heavy atom. The zero-order valence-corrected chi connectivity index (χ0v) is 12.9. The standard InChI is InChI=1S/C17H15ClFNO3/c18-13-3-1-2-12(8-13)9-15(17(22)23)20-16(21)10-11-4-6-14(19)7-5-11/h1-8,15H,9-10H2,(H,20,21)(H,22,23)/t15-/m0/s1. The van der Waals surface area contributed by atoms with Crippen molar-refractivity contribution >= 4 is 23.5 Å². The van der Waals surface area contributed by atoms with Crippen LogP contribution >= 0.6 is 11.6 Å². The molecular formula is C17H15ClFNO3. The lowest BCUT2D eigenvalue weighted by Gasteiger charge is -2.15. The van der Waals surface area contributed by atoms with Gasteiger partial charge in [0.05, 0.1) is 6.42 Å². The smallest absolute Gasteiger partial charge is 0.326 e. The van der Waals surface area contributed by atoms with E-state index >= 15 is 0 Å². The molecule has 0 radical (unpaired) electrons. The van der Waals surface area contributed by atoms with Gasteiger partial charge in [-0.15, -0.1) is 0 Å². The van der Waals surface area contributed by atoms with Crippen LogP contribution in [-0.4, -0.2) is 23.0 Å². The number of carbonyl (C=O) groups excluding carboxylic acids is 1. The largest absolute Gasteiger partial charge is 0.480 e. The molecule has 0 bridgehead atoms. The van der Waals surface area contributed by atoms with Crippen LogP contribution in [0.3, 0.4) is 0 Å². The van der Waals surface area contributed by atoms with Crippen molar-refractivity contribution in [1.29, 1.82) is 0 Å². The number of nitrogens with one attached hydrogen (secondary N) is 1. The van der Waals surface area contributed by atoms with E-state index in [4.69, 9.17) is 11.6 Å². The lowest BCUT2D eigenvalue weighted by molar-refractivity contribution is -0.141. The number of hydrogen-bond acceptors (Lipinski definition) is 2. The maximum atomic E-state index is 12.8. The molecule has 2 N–H and O–H groups in total. The fourth-order valence-electron chi connectivity index (χ4n) is 2.13. The Bertz CT molecular complexity index is 703. The molecule has 0 saturated heterocycles. The molecule has 1 atom stereocenters. The molecule has 0 aliphatic rings. The molecule has 1 amide bonds. The van der Waals surface area contributed by atoms with E-state index in [2.05, 4.69) is 5.32 Å². The molecule has 0 fully saturated rings. The van der Waals surface area contributed by atoms with Gasteiger partial charge in [0.25, 0.3) is 0 Å². The van der Waals surface area contributed by atoms with E-state index in [0.717, 1.165) is 0 Å². The van der Waals surface area contributed by atoms with Gasteiger partial charge in [0.15, 0.2) is 0 Å². The van der Waals surface area contributed by atoms with Crippen molar-refractivity contribution in [3.8, 4) is 0 Å². The average molecular weight is 336 g/mol. The molecule has 0 aromatic heterocycles. The summed E-state index contributed by atoms with van der Waals surface area (Å²) in [6, 6.07) is 11.2. The molecule has 0 heterocycles. The summed E-state index contributed by atoms with van der Waals surface area (Å²) in [6.45, 7) is 0. The van der Waals surface area contributed by atoms with Crippen LogP contribution in [0.1, 0.15) is 11.1 Å². The third-order valence-electron chi connectivity index (χ3n) is 3.24. The first-order valence-corrected chi connectivity index (χ1v) is 7.33. The van der Waals surface area contributed by atoms with Crippen molar-refractivity contribution < 1.29 is 19.1 Å². The minimum Gasteiger partial charge on any atom is -0.480 e. The molecule has 0 aliphatic carbocycles. The molecule has 2 aromatic carbocycles. The molecule has 0 saturated carbocycles. The summed E-state index contributed by atoms with van der Waals surface area (Å²) in [5.74, 6) is -1.96. The minimum atomic E-state index is -1.13. The van der Waals surface area contributed by atoms with Crippen LogP contribution in [0.25, 0.3) is 0 Å². The number of halogens is 2.